The number of nitrogens with zero attached hydrogens (tertiary/aromatic N) is 1. The number of nitrogens with two attached hydrogens (primary N) is 1. The van der Waals surface area contributed by atoms with Crippen LogP contribution >= 0.6 is 0 Å². The smallest absolute Gasteiger partial charge is 0.0139 e. The lowest BCUT2D eigenvalue weighted by atomic mass is 9.92. The summed E-state index contributed by atoms with van der Waals surface area (Å²) in [5, 5.41) is 0. The summed E-state index contributed by atoms with van der Waals surface area (Å²) in [6, 6.07) is 0.322. The molecule has 72 valence electrons. The number of rotatable bonds is 2. The highest BCUT2D eigenvalue weighted by atomic mass is 15.1. The third kappa shape index (κ3) is 3.11. The molecule has 1 fully saturated rings. The molecular weight excluding hydrogens is 148 g/mol. The molecule has 0 unspecified atom stereocenters. The van der Waals surface area contributed by atoms with Crippen LogP contribution in [0.2, 0.25) is 0 Å². The summed E-state index contributed by atoms with van der Waals surface area (Å²) in [5.74, 6) is 1.71. The van der Waals surface area contributed by atoms with Crippen LogP contribution in [0.15, 0.2) is 0 Å². The molecule has 0 aromatic heterocycles. The zero-order valence-corrected chi connectivity index (χ0v) is 8.59. The second kappa shape index (κ2) is 4.24. The Hall–Kier alpha value is -0.0800. The van der Waals surface area contributed by atoms with Crippen LogP contribution in [0.25, 0.3) is 0 Å². The molecule has 0 aliphatic carbocycles. The molecule has 0 aromatic rings. The highest BCUT2D eigenvalue weighted by Crippen LogP contribution is 2.20. The van der Waals surface area contributed by atoms with Crippen molar-refractivity contribution in [3.8, 4) is 0 Å². The molecule has 2 nitrogen and oxygen atoms in total. The van der Waals surface area contributed by atoms with Crippen LogP contribution in [0, 0.1) is 11.8 Å². The summed E-state index contributed by atoms with van der Waals surface area (Å²) in [7, 11) is 0. The Balaban J connectivity index is 2.34. The molecule has 1 aliphatic heterocycles. The zero-order chi connectivity index (χ0) is 9.14. The molecule has 1 saturated heterocycles. The van der Waals surface area contributed by atoms with Gasteiger partial charge in [-0.1, -0.05) is 13.8 Å². The maximum Gasteiger partial charge on any atom is 0.0139 e. The third-order valence-corrected chi connectivity index (χ3v) is 2.49. The summed E-state index contributed by atoms with van der Waals surface area (Å²) in [5.41, 5.74) is 5.77. The van der Waals surface area contributed by atoms with Gasteiger partial charge in [0.2, 0.25) is 0 Å². The summed E-state index contributed by atoms with van der Waals surface area (Å²) >= 11 is 0. The van der Waals surface area contributed by atoms with Gasteiger partial charge >= 0.3 is 0 Å². The Bertz CT molecular complexity index is 121. The van der Waals surface area contributed by atoms with Gasteiger partial charge in [0.15, 0.2) is 0 Å². The fraction of sp³-hybridized carbons (Fsp3) is 1.00. The van der Waals surface area contributed by atoms with Crippen LogP contribution in [0.5, 0.6) is 0 Å². The lowest BCUT2D eigenvalue weighted by Crippen LogP contribution is -2.44. The van der Waals surface area contributed by atoms with E-state index in [4.69, 9.17) is 5.73 Å². The van der Waals surface area contributed by atoms with Gasteiger partial charge in [-0.05, 0) is 25.2 Å². The Morgan fingerprint density at radius 2 is 1.83 bits per heavy atom. The van der Waals surface area contributed by atoms with Crippen molar-refractivity contribution < 1.29 is 0 Å². The molecule has 2 N–H and O–H groups in total. The van der Waals surface area contributed by atoms with Gasteiger partial charge in [-0.3, -0.25) is 0 Å². The quantitative estimate of drug-likeness (QED) is 0.677. The SMILES string of the molecule is C[C@@H]1C[C@H](C)CN(C[C@@H](C)N)C1. The summed E-state index contributed by atoms with van der Waals surface area (Å²) in [6.45, 7) is 10.3. The molecule has 0 spiro atoms. The number of piperidine rings is 1. The summed E-state index contributed by atoms with van der Waals surface area (Å²) in [6.07, 6.45) is 1.38. The van der Waals surface area contributed by atoms with Gasteiger partial charge in [-0.25, -0.2) is 0 Å². The van der Waals surface area contributed by atoms with E-state index in [1.807, 2.05) is 0 Å². The van der Waals surface area contributed by atoms with Crippen LogP contribution in [0.1, 0.15) is 27.2 Å². The lowest BCUT2D eigenvalue weighted by molar-refractivity contribution is 0.136. The van der Waals surface area contributed by atoms with E-state index >= 15 is 0 Å². The number of hydrogen-bond donors (Lipinski definition) is 1. The van der Waals surface area contributed by atoms with Crippen molar-refractivity contribution >= 4 is 0 Å². The molecule has 1 heterocycles. The van der Waals surface area contributed by atoms with Gasteiger partial charge in [-0.15, -0.1) is 0 Å². The highest BCUT2D eigenvalue weighted by molar-refractivity contribution is 4.76. The third-order valence-electron chi connectivity index (χ3n) is 2.49. The predicted octanol–water partition coefficient (Wildman–Crippen LogP) is 1.31. The van der Waals surface area contributed by atoms with Crippen LogP contribution in [0.3, 0.4) is 0 Å². The first-order valence-electron chi connectivity index (χ1n) is 5.06. The minimum atomic E-state index is 0.322. The molecule has 2 heteroatoms. The molecule has 1 aliphatic rings. The second-order valence-electron chi connectivity index (χ2n) is 4.64. The monoisotopic (exact) mass is 170 g/mol. The van der Waals surface area contributed by atoms with Crippen molar-refractivity contribution in [2.24, 2.45) is 17.6 Å². The molecule has 1 rings (SSSR count). The fourth-order valence-corrected chi connectivity index (χ4v) is 2.35. The minimum absolute atomic E-state index is 0.322. The first-order chi connectivity index (χ1) is 5.58. The van der Waals surface area contributed by atoms with E-state index in [0.29, 0.717) is 6.04 Å². The van der Waals surface area contributed by atoms with E-state index in [9.17, 15) is 0 Å². The van der Waals surface area contributed by atoms with Crippen molar-refractivity contribution in [1.29, 1.82) is 0 Å². The first kappa shape index (κ1) is 10.0. The number of likely N-dealkylation sites (tertiary alicyclic amines) is 1. The molecule has 0 radical (unpaired) electrons. The van der Waals surface area contributed by atoms with Gasteiger partial charge < -0.3 is 10.6 Å². The van der Waals surface area contributed by atoms with Crippen LogP contribution in [-0.2, 0) is 0 Å². The molecule has 0 bridgehead atoms. The molecule has 0 saturated carbocycles. The minimum Gasteiger partial charge on any atom is -0.327 e. The first-order valence-corrected chi connectivity index (χ1v) is 5.06. The Morgan fingerprint density at radius 3 is 2.25 bits per heavy atom. The fourth-order valence-electron chi connectivity index (χ4n) is 2.35. The van der Waals surface area contributed by atoms with E-state index < -0.39 is 0 Å². The highest BCUT2D eigenvalue weighted by Gasteiger charge is 2.21. The average molecular weight is 170 g/mol. The van der Waals surface area contributed by atoms with Crippen molar-refractivity contribution in [1.82, 2.24) is 4.90 Å². The molecule has 0 aromatic carbocycles. The van der Waals surface area contributed by atoms with Gasteiger partial charge in [0, 0.05) is 25.7 Å². The Labute approximate surface area is 76.1 Å². The Morgan fingerprint density at radius 1 is 1.33 bits per heavy atom. The maximum atomic E-state index is 5.77. The summed E-state index contributed by atoms with van der Waals surface area (Å²) in [4.78, 5) is 2.50. The topological polar surface area (TPSA) is 29.3 Å². The van der Waals surface area contributed by atoms with Crippen LogP contribution in [-0.4, -0.2) is 30.6 Å². The predicted molar refractivity (Wildman–Crippen MR) is 53.0 cm³/mol. The van der Waals surface area contributed by atoms with Gasteiger partial charge in [-0.2, -0.15) is 0 Å². The van der Waals surface area contributed by atoms with E-state index in [1.165, 1.54) is 19.5 Å². The van der Waals surface area contributed by atoms with Crippen LogP contribution < -0.4 is 5.73 Å². The van der Waals surface area contributed by atoms with Crippen molar-refractivity contribution in [3.05, 3.63) is 0 Å². The van der Waals surface area contributed by atoms with Gasteiger partial charge in [0.25, 0.3) is 0 Å². The van der Waals surface area contributed by atoms with Gasteiger partial charge in [0.05, 0.1) is 0 Å². The van der Waals surface area contributed by atoms with Crippen molar-refractivity contribution in [2.75, 3.05) is 19.6 Å². The number of hydrogen-bond acceptors (Lipinski definition) is 2. The Kier molecular flexibility index (Phi) is 3.53. The van der Waals surface area contributed by atoms with E-state index in [-0.39, 0.29) is 0 Å². The average Bonchev–Trinajstić information content (AvgIpc) is 1.81. The molecule has 12 heavy (non-hydrogen) atoms. The van der Waals surface area contributed by atoms with Gasteiger partial charge in [0.1, 0.15) is 0 Å². The standard InChI is InChI=1S/C10H22N2/c1-8-4-9(2)6-12(5-8)7-10(3)11/h8-10H,4-7,11H2,1-3H3/t8-,9+,10-/m1/s1. The normalized spacial score (nSPS) is 35.0. The van der Waals surface area contributed by atoms with E-state index in [2.05, 4.69) is 25.7 Å². The molecular formula is C10H22N2. The van der Waals surface area contributed by atoms with Crippen molar-refractivity contribution in [2.45, 2.75) is 33.2 Å². The van der Waals surface area contributed by atoms with Crippen molar-refractivity contribution in [3.63, 3.8) is 0 Å². The lowest BCUT2D eigenvalue weighted by Gasteiger charge is -2.35. The zero-order valence-electron chi connectivity index (χ0n) is 8.59. The second-order valence-corrected chi connectivity index (χ2v) is 4.64. The van der Waals surface area contributed by atoms with E-state index in [1.54, 1.807) is 0 Å². The molecule has 3 atom stereocenters. The molecule has 0 amide bonds. The maximum absolute atomic E-state index is 5.77. The van der Waals surface area contributed by atoms with E-state index in [0.717, 1.165) is 18.4 Å². The summed E-state index contributed by atoms with van der Waals surface area (Å²) < 4.78 is 0. The van der Waals surface area contributed by atoms with Crippen LogP contribution in [0.4, 0.5) is 0 Å². The largest absolute Gasteiger partial charge is 0.327 e.